The van der Waals surface area contributed by atoms with E-state index < -0.39 is 11.4 Å². The minimum Gasteiger partial charge on any atom is -0.784 e. The molecule has 0 unspecified atom stereocenters. The summed E-state index contributed by atoms with van der Waals surface area (Å²) in [5, 5.41) is 0. The largest absolute Gasteiger partial charge is 1.00 e. The normalized spacial score (nSPS) is 5.83. The predicted octanol–water partition coefficient (Wildman–Crippen LogP) is -0.630. The van der Waals surface area contributed by atoms with E-state index in [4.69, 9.17) is 13.3 Å². The Labute approximate surface area is 58.5 Å². The van der Waals surface area contributed by atoms with Crippen molar-refractivity contribution in [2.24, 2.45) is 0 Å². The number of hydrogen-bond donors (Lipinski definition) is 1. The van der Waals surface area contributed by atoms with Crippen molar-refractivity contribution in [2.75, 3.05) is 0 Å². The molecule has 0 rings (SSSR count). The van der Waals surface area contributed by atoms with Gasteiger partial charge in [0.05, 0.1) is 0 Å². The maximum atomic E-state index is 8.44. The second-order valence-electron chi connectivity index (χ2n) is 0.204. The van der Waals surface area contributed by atoms with Crippen LogP contribution in [0.4, 0.5) is 0 Å². The van der Waals surface area contributed by atoms with Gasteiger partial charge in [-0.1, -0.05) is 0 Å². The molecule has 6 heavy (non-hydrogen) atoms. The Balaban J connectivity index is -0.0000000450. The minimum absolute atomic E-state index is 0. The number of hydrogen-bond acceptors (Lipinski definition) is 3. The van der Waals surface area contributed by atoms with Crippen LogP contribution in [0.5, 0.6) is 0 Å². The monoisotopic (exact) mass is 300 g/mol. The zero-order valence-electron chi connectivity index (χ0n) is 3.34. The van der Waals surface area contributed by atoms with Crippen molar-refractivity contribution in [3.8, 4) is 0 Å². The molecule has 0 aliphatic carbocycles. The van der Waals surface area contributed by atoms with Crippen LogP contribution in [0.15, 0.2) is 0 Å². The van der Waals surface area contributed by atoms with Gasteiger partial charge in [-0.05, 0) is 0 Å². The fourth-order valence-corrected chi connectivity index (χ4v) is 0. The average Bonchev–Trinajstić information content (AvgIpc) is 0.811. The maximum Gasteiger partial charge on any atom is 1.00 e. The van der Waals surface area contributed by atoms with Gasteiger partial charge in [-0.2, -0.15) is 0 Å². The van der Waals surface area contributed by atoms with Gasteiger partial charge in [0.2, 0.25) is 0 Å². The van der Waals surface area contributed by atoms with Gasteiger partial charge in [0.1, 0.15) is 0 Å². The molecule has 6 heteroatoms. The topological polar surface area (TPSA) is 99.7 Å². The summed E-state index contributed by atoms with van der Waals surface area (Å²) >= 11 is -3.11. The van der Waals surface area contributed by atoms with Crippen molar-refractivity contribution >= 4 is 11.4 Å². The van der Waals surface area contributed by atoms with E-state index in [0.29, 0.717) is 0 Å². The molecule has 0 aliphatic heterocycles. The Morgan fingerprint density at radius 1 is 1.33 bits per heavy atom. The third kappa shape index (κ3) is 83.8. The van der Waals surface area contributed by atoms with Crippen molar-refractivity contribution in [1.82, 2.24) is 6.15 Å². The second kappa shape index (κ2) is 9.35. The Morgan fingerprint density at radius 3 is 1.33 bits per heavy atom. The van der Waals surface area contributed by atoms with Crippen LogP contribution in [0.1, 0.15) is 0 Å². The second-order valence-corrected chi connectivity index (χ2v) is 0.612. The van der Waals surface area contributed by atoms with Crippen molar-refractivity contribution < 1.29 is 41.0 Å². The molecule has 0 aromatic heterocycles. The number of rotatable bonds is 0. The van der Waals surface area contributed by atoms with Gasteiger partial charge in [0.25, 0.3) is 0 Å². The zero-order chi connectivity index (χ0) is 3.58. The molecule has 0 heterocycles. The summed E-state index contributed by atoms with van der Waals surface area (Å²) in [5.74, 6) is 0. The van der Waals surface area contributed by atoms with Crippen LogP contribution in [0, 0.1) is 0 Å². The van der Waals surface area contributed by atoms with Gasteiger partial charge in [-0.15, -0.1) is 11.4 Å². The van der Waals surface area contributed by atoms with E-state index in [-0.39, 0.29) is 33.8 Å². The Kier molecular flexibility index (Phi) is 24.6. The van der Waals surface area contributed by atoms with E-state index >= 15 is 0 Å². The molecule has 35 valence electrons. The molecule has 0 amide bonds. The molecule has 0 saturated heterocycles. The molecule has 0 bridgehead atoms. The SMILES string of the molecule is O=S([O-])[O-].[Hg+].[NH4+]. The van der Waals surface area contributed by atoms with Crippen molar-refractivity contribution in [2.45, 2.75) is 0 Å². The molecule has 0 spiro atoms. The smallest absolute Gasteiger partial charge is 0.784 e. The molecule has 0 fully saturated rings. The third-order valence-corrected chi connectivity index (χ3v) is 0. The first-order valence-electron chi connectivity index (χ1n) is 0.500. The maximum absolute atomic E-state index is 8.44. The Bertz CT molecular complexity index is 33.8. The summed E-state index contributed by atoms with van der Waals surface area (Å²) in [4.78, 5) is 0. The van der Waals surface area contributed by atoms with Gasteiger partial charge < -0.3 is 15.3 Å². The molecule has 0 aromatic carbocycles. The van der Waals surface area contributed by atoms with Crippen LogP contribution in [-0.4, -0.2) is 13.3 Å². The molecule has 4 nitrogen and oxygen atoms in total. The van der Waals surface area contributed by atoms with E-state index in [1.807, 2.05) is 0 Å². The first kappa shape index (κ1) is 15.8. The van der Waals surface area contributed by atoms with Gasteiger partial charge in [-0.3, -0.25) is 4.21 Å². The summed E-state index contributed by atoms with van der Waals surface area (Å²) in [6.07, 6.45) is 0. The summed E-state index contributed by atoms with van der Waals surface area (Å²) in [6.45, 7) is 0. The number of quaternary nitrogens is 1. The van der Waals surface area contributed by atoms with Gasteiger partial charge in [-0.25, -0.2) is 0 Å². The fraction of sp³-hybridized carbons (Fsp3) is 0. The summed E-state index contributed by atoms with van der Waals surface area (Å²) in [7, 11) is 0. The first-order valence-corrected chi connectivity index (χ1v) is 1.50. The molecule has 0 atom stereocenters. The standard InChI is InChI=1S/Hg.H3N.H2O3S/c;;1-4(2)3/h;1H3;(H2,1,2,3)/q+1;;/p-1. The van der Waals surface area contributed by atoms with E-state index in [1.165, 1.54) is 0 Å². The first-order chi connectivity index (χ1) is 1.73. The molecule has 1 radical (unpaired) electrons. The summed E-state index contributed by atoms with van der Waals surface area (Å²) in [6, 6.07) is 0. The Hall–Kier alpha value is 0.965. The molecule has 0 aromatic rings. The summed E-state index contributed by atoms with van der Waals surface area (Å²) < 4.78 is 25.3. The minimum atomic E-state index is -3.11. The van der Waals surface area contributed by atoms with Crippen LogP contribution < -0.4 is 6.15 Å². The van der Waals surface area contributed by atoms with Crippen LogP contribution in [0.3, 0.4) is 0 Å². The van der Waals surface area contributed by atoms with Gasteiger partial charge in [0, 0.05) is 0 Å². The molecule has 4 N–H and O–H groups in total. The van der Waals surface area contributed by atoms with Crippen LogP contribution in [0.2, 0.25) is 0 Å². The molecule has 0 saturated carbocycles. The average molecular weight is 299 g/mol. The molecular formula is H4HgNO3S. The Morgan fingerprint density at radius 2 is 1.33 bits per heavy atom. The molecular weight excluding hydrogens is 295 g/mol. The van der Waals surface area contributed by atoms with Gasteiger partial charge in [0.15, 0.2) is 0 Å². The fourth-order valence-electron chi connectivity index (χ4n) is 0. The van der Waals surface area contributed by atoms with E-state index in [0.717, 1.165) is 0 Å². The van der Waals surface area contributed by atoms with Crippen molar-refractivity contribution in [3.05, 3.63) is 0 Å². The predicted molar refractivity (Wildman–Crippen MR) is 15.7 cm³/mol. The van der Waals surface area contributed by atoms with Crippen molar-refractivity contribution in [3.63, 3.8) is 0 Å². The summed E-state index contributed by atoms with van der Waals surface area (Å²) in [5.41, 5.74) is 0. The van der Waals surface area contributed by atoms with Crippen LogP contribution in [-0.2, 0) is 39.0 Å². The van der Waals surface area contributed by atoms with Crippen LogP contribution in [0.25, 0.3) is 0 Å². The zero-order valence-corrected chi connectivity index (χ0v) is 9.65. The quantitative estimate of drug-likeness (QED) is 0.476. The van der Waals surface area contributed by atoms with E-state index in [2.05, 4.69) is 0 Å². The van der Waals surface area contributed by atoms with E-state index in [9.17, 15) is 0 Å². The van der Waals surface area contributed by atoms with E-state index in [1.54, 1.807) is 0 Å². The van der Waals surface area contributed by atoms with Gasteiger partial charge >= 0.3 is 27.7 Å². The third-order valence-electron chi connectivity index (χ3n) is 0. The van der Waals surface area contributed by atoms with Crippen LogP contribution >= 0.6 is 0 Å². The van der Waals surface area contributed by atoms with Crippen molar-refractivity contribution in [1.29, 1.82) is 0 Å². The molecule has 0 aliphatic rings.